The van der Waals surface area contributed by atoms with E-state index in [0.717, 1.165) is 22.6 Å². The summed E-state index contributed by atoms with van der Waals surface area (Å²) in [4.78, 5) is 0. The molecule has 0 aliphatic rings. The molecule has 0 aliphatic carbocycles. The van der Waals surface area contributed by atoms with Gasteiger partial charge in [0.1, 0.15) is 0 Å². The zero-order chi connectivity index (χ0) is 16.4. The average molecular weight is 438 g/mol. The summed E-state index contributed by atoms with van der Waals surface area (Å²) in [5.74, 6) is 0. The molecule has 5 heteroatoms. The number of hydrogen-bond donors (Lipinski definition) is 0. The van der Waals surface area contributed by atoms with Crippen LogP contribution >= 0.6 is 7.60 Å². The molecule has 0 bridgehead atoms. The van der Waals surface area contributed by atoms with Crippen molar-refractivity contribution < 1.29 is 13.6 Å². The molecule has 0 saturated heterocycles. The molecule has 0 spiro atoms. The summed E-state index contributed by atoms with van der Waals surface area (Å²) >= 11 is -0.757. The van der Waals surface area contributed by atoms with Crippen LogP contribution in [0.2, 0.25) is 0 Å². The van der Waals surface area contributed by atoms with Crippen LogP contribution in [-0.2, 0) is 13.6 Å². The third-order valence-electron chi connectivity index (χ3n) is 3.08. The number of allylic oxidation sites excluding steroid dienone is 1. The van der Waals surface area contributed by atoms with Crippen molar-refractivity contribution in [3.8, 4) is 0 Å². The van der Waals surface area contributed by atoms with E-state index in [1.165, 1.54) is 9.18 Å². The van der Waals surface area contributed by atoms with Crippen LogP contribution < -0.4 is 3.61 Å². The summed E-state index contributed by atoms with van der Waals surface area (Å²) in [6.45, 7) is 8.81. The Kier molecular flexibility index (Phi) is 9.64. The second kappa shape index (κ2) is 10.6. The van der Waals surface area contributed by atoms with E-state index in [-0.39, 0.29) is 0 Å². The molecule has 3 nitrogen and oxygen atoms in total. The summed E-state index contributed by atoms with van der Waals surface area (Å²) in [7, 11) is -3.15. The summed E-state index contributed by atoms with van der Waals surface area (Å²) in [6.07, 6.45) is 3.20. The number of benzene rings is 1. The molecule has 1 aromatic carbocycles. The minimum atomic E-state index is -3.15. The Morgan fingerprint density at radius 1 is 1.09 bits per heavy atom. The molecule has 0 heterocycles. The molecule has 0 unspecified atom stereocenters. The first-order valence-electron chi connectivity index (χ1n) is 7.89. The Morgan fingerprint density at radius 2 is 1.68 bits per heavy atom. The van der Waals surface area contributed by atoms with Crippen molar-refractivity contribution in [2.75, 3.05) is 13.2 Å². The first-order valence-corrected chi connectivity index (χ1v) is 11.8. The Balaban J connectivity index is 3.16. The van der Waals surface area contributed by atoms with Crippen molar-refractivity contribution in [3.05, 3.63) is 39.3 Å². The van der Waals surface area contributed by atoms with Gasteiger partial charge in [-0.25, -0.2) is 0 Å². The molecule has 124 valence electrons. The van der Waals surface area contributed by atoms with Gasteiger partial charge in [-0.1, -0.05) is 0 Å². The second-order valence-electron chi connectivity index (χ2n) is 4.94. The summed E-state index contributed by atoms with van der Waals surface area (Å²) < 4.78 is 26.7. The molecular formula is C17H27O3PTe. The second-order valence-corrected chi connectivity index (χ2v) is 10.9. The van der Waals surface area contributed by atoms with Crippen LogP contribution in [0.15, 0.2) is 39.3 Å². The molecule has 0 fully saturated rings. The molecular weight excluding hydrogens is 411 g/mol. The molecule has 0 amide bonds. The van der Waals surface area contributed by atoms with Gasteiger partial charge in [0.2, 0.25) is 0 Å². The zero-order valence-corrected chi connectivity index (χ0v) is 17.2. The Morgan fingerprint density at radius 3 is 2.18 bits per heavy atom. The maximum atomic E-state index is 13.3. The normalized spacial score (nSPS) is 13.1. The van der Waals surface area contributed by atoms with Gasteiger partial charge < -0.3 is 0 Å². The molecule has 0 atom stereocenters. The van der Waals surface area contributed by atoms with E-state index in [1.54, 1.807) is 0 Å². The van der Waals surface area contributed by atoms with Crippen LogP contribution in [0.25, 0.3) is 0 Å². The predicted octanol–water partition coefficient (Wildman–Crippen LogP) is 4.70. The fraction of sp³-hybridized carbons (Fsp3) is 0.529. The Hall–Kier alpha value is -0.100. The fourth-order valence-electron chi connectivity index (χ4n) is 2.02. The van der Waals surface area contributed by atoms with Gasteiger partial charge in [-0.2, -0.15) is 0 Å². The van der Waals surface area contributed by atoms with Crippen LogP contribution in [0.4, 0.5) is 0 Å². The van der Waals surface area contributed by atoms with Crippen LogP contribution in [0.3, 0.4) is 0 Å². The third-order valence-corrected chi connectivity index (χ3v) is 10.7. The van der Waals surface area contributed by atoms with Crippen molar-refractivity contribution in [2.45, 2.75) is 47.0 Å². The van der Waals surface area contributed by atoms with E-state index in [4.69, 9.17) is 9.05 Å². The fourth-order valence-corrected chi connectivity index (χ4v) is 8.53. The van der Waals surface area contributed by atoms with Crippen molar-refractivity contribution in [1.82, 2.24) is 0 Å². The van der Waals surface area contributed by atoms with E-state index >= 15 is 0 Å². The average Bonchev–Trinajstić information content (AvgIpc) is 2.51. The van der Waals surface area contributed by atoms with E-state index in [1.807, 2.05) is 32.0 Å². The Labute approximate surface area is 145 Å². The molecule has 0 N–H and O–H groups in total. The first-order chi connectivity index (χ1) is 10.6. The molecule has 0 aliphatic heterocycles. The molecule has 0 radical (unpaired) electrons. The predicted molar refractivity (Wildman–Crippen MR) is 94.9 cm³/mol. The monoisotopic (exact) mass is 440 g/mol. The van der Waals surface area contributed by atoms with Gasteiger partial charge in [0.05, 0.1) is 0 Å². The quantitative estimate of drug-likeness (QED) is 0.393. The van der Waals surface area contributed by atoms with Gasteiger partial charge in [0, 0.05) is 0 Å². The molecule has 1 rings (SSSR count). The SMILES string of the molecule is CCCC/C(C)=C(/[Te]c1ccccc1)P(=O)(OCC)OCC. The van der Waals surface area contributed by atoms with Crippen molar-refractivity contribution in [3.63, 3.8) is 0 Å². The van der Waals surface area contributed by atoms with Crippen molar-refractivity contribution in [2.24, 2.45) is 0 Å². The van der Waals surface area contributed by atoms with Gasteiger partial charge in [0.15, 0.2) is 0 Å². The van der Waals surface area contributed by atoms with Crippen LogP contribution in [-0.4, -0.2) is 34.1 Å². The van der Waals surface area contributed by atoms with Crippen LogP contribution in [0.5, 0.6) is 0 Å². The summed E-state index contributed by atoms with van der Waals surface area (Å²) in [6, 6.07) is 10.3. The van der Waals surface area contributed by atoms with Gasteiger partial charge in [-0.15, -0.1) is 0 Å². The maximum absolute atomic E-state index is 13.3. The molecule has 1 aromatic rings. The van der Waals surface area contributed by atoms with Crippen molar-refractivity contribution >= 4 is 32.1 Å². The zero-order valence-electron chi connectivity index (χ0n) is 14.0. The number of rotatable bonds is 10. The summed E-state index contributed by atoms with van der Waals surface area (Å²) in [5.41, 5.74) is 1.19. The van der Waals surface area contributed by atoms with Crippen LogP contribution in [0, 0.1) is 0 Å². The minimum absolute atomic E-state index is 0.406. The van der Waals surface area contributed by atoms with Crippen molar-refractivity contribution in [1.29, 1.82) is 0 Å². The van der Waals surface area contributed by atoms with Crippen LogP contribution in [0.1, 0.15) is 47.0 Å². The van der Waals surface area contributed by atoms with Gasteiger partial charge in [-0.3, -0.25) is 0 Å². The van der Waals surface area contributed by atoms with Gasteiger partial charge in [-0.05, 0) is 0 Å². The molecule has 0 saturated carbocycles. The number of unbranched alkanes of at least 4 members (excludes halogenated alkanes) is 1. The van der Waals surface area contributed by atoms with E-state index in [9.17, 15) is 4.57 Å². The van der Waals surface area contributed by atoms with E-state index in [2.05, 4.69) is 26.0 Å². The standard InChI is InChI=1S/C17H27O3PTe/c1-5-8-12-15(4)17(21(18,19-6-2)20-7-3)22-16-13-10-9-11-14-16/h9-11,13-14H,5-8,12H2,1-4H3/b17-15+. The van der Waals surface area contributed by atoms with E-state index in [0.29, 0.717) is 13.2 Å². The van der Waals surface area contributed by atoms with E-state index < -0.39 is 28.5 Å². The molecule has 22 heavy (non-hydrogen) atoms. The van der Waals surface area contributed by atoms with Gasteiger partial charge in [0.25, 0.3) is 0 Å². The van der Waals surface area contributed by atoms with Gasteiger partial charge >= 0.3 is 145 Å². The molecule has 0 aromatic heterocycles. The number of hydrogen-bond acceptors (Lipinski definition) is 3. The third kappa shape index (κ3) is 6.19. The summed E-state index contributed by atoms with van der Waals surface area (Å²) in [5, 5.41) is 0. The topological polar surface area (TPSA) is 35.5 Å². The first kappa shape index (κ1) is 19.9. The Bertz CT molecular complexity index is 504.